The lowest BCUT2D eigenvalue weighted by Gasteiger charge is -2.09. The first-order chi connectivity index (χ1) is 7.44. The molecule has 4 N–H and O–H groups in total. The molecule has 0 aliphatic heterocycles. The third-order valence-electron chi connectivity index (χ3n) is 1.99. The van der Waals surface area contributed by atoms with Gasteiger partial charge in [0.1, 0.15) is 0 Å². The second-order valence-corrected chi connectivity index (χ2v) is 6.09. The number of hydrogen-bond acceptors (Lipinski definition) is 4. The number of anilines is 2. The molecule has 1 aromatic carbocycles. The largest absolute Gasteiger partial charge is 0.399 e. The van der Waals surface area contributed by atoms with Gasteiger partial charge < -0.3 is 11.1 Å². The molecule has 1 rings (SSSR count). The van der Waals surface area contributed by atoms with E-state index in [4.69, 9.17) is 5.73 Å². The van der Waals surface area contributed by atoms with Gasteiger partial charge in [-0.1, -0.05) is 0 Å². The van der Waals surface area contributed by atoms with Gasteiger partial charge in [0.2, 0.25) is 10.0 Å². The lowest BCUT2D eigenvalue weighted by Crippen LogP contribution is -2.26. The van der Waals surface area contributed by atoms with Gasteiger partial charge in [-0.15, -0.1) is 0 Å². The fourth-order valence-corrected chi connectivity index (χ4v) is 2.21. The van der Waals surface area contributed by atoms with Crippen molar-refractivity contribution < 1.29 is 8.42 Å². The van der Waals surface area contributed by atoms with Crippen LogP contribution in [0.4, 0.5) is 11.4 Å². The van der Waals surface area contributed by atoms with Crippen LogP contribution in [0.15, 0.2) is 22.7 Å². The van der Waals surface area contributed by atoms with Gasteiger partial charge in [-0.2, -0.15) is 0 Å². The van der Waals surface area contributed by atoms with Crippen molar-refractivity contribution in [3.05, 3.63) is 22.7 Å². The Hall–Kier alpha value is -0.790. The van der Waals surface area contributed by atoms with Crippen LogP contribution in [0.5, 0.6) is 0 Å². The molecular weight excluding hydrogens is 294 g/mol. The zero-order chi connectivity index (χ0) is 12.2. The summed E-state index contributed by atoms with van der Waals surface area (Å²) in [6.07, 6.45) is 0. The van der Waals surface area contributed by atoms with E-state index in [9.17, 15) is 8.42 Å². The Morgan fingerprint density at radius 3 is 2.69 bits per heavy atom. The van der Waals surface area contributed by atoms with E-state index < -0.39 is 10.0 Å². The number of nitrogens with two attached hydrogens (primary N) is 1. The smallest absolute Gasteiger partial charge is 0.213 e. The molecule has 5 nitrogen and oxygen atoms in total. The first-order valence-corrected chi connectivity index (χ1v) is 7.09. The van der Waals surface area contributed by atoms with Crippen molar-refractivity contribution in [1.82, 2.24) is 4.72 Å². The maximum atomic E-state index is 11.1. The monoisotopic (exact) mass is 307 g/mol. The highest BCUT2D eigenvalue weighted by Crippen LogP contribution is 2.24. The molecule has 0 spiro atoms. The van der Waals surface area contributed by atoms with E-state index >= 15 is 0 Å². The van der Waals surface area contributed by atoms with E-state index in [1.807, 2.05) is 0 Å². The summed E-state index contributed by atoms with van der Waals surface area (Å²) in [5.41, 5.74) is 7.06. The highest BCUT2D eigenvalue weighted by Gasteiger charge is 2.06. The SMILES string of the molecule is CNS(=O)(=O)CCNc1ccc(N)cc1Br. The molecule has 0 radical (unpaired) electrons. The van der Waals surface area contributed by atoms with Crippen molar-refractivity contribution >= 4 is 37.3 Å². The Bertz CT molecular complexity index is 462. The Morgan fingerprint density at radius 1 is 1.44 bits per heavy atom. The second-order valence-electron chi connectivity index (χ2n) is 3.19. The fourth-order valence-electron chi connectivity index (χ4n) is 1.10. The van der Waals surface area contributed by atoms with Crippen molar-refractivity contribution in [2.24, 2.45) is 0 Å². The van der Waals surface area contributed by atoms with Crippen LogP contribution in [0.1, 0.15) is 0 Å². The molecule has 16 heavy (non-hydrogen) atoms. The second kappa shape index (κ2) is 5.51. The Kier molecular flexibility index (Phi) is 4.57. The minimum absolute atomic E-state index is 0.0281. The molecule has 90 valence electrons. The predicted molar refractivity (Wildman–Crippen MR) is 69.9 cm³/mol. The molecule has 1 aromatic rings. The maximum absolute atomic E-state index is 11.1. The third kappa shape index (κ3) is 3.99. The van der Waals surface area contributed by atoms with Gasteiger partial charge in [0.25, 0.3) is 0 Å². The first kappa shape index (κ1) is 13.3. The summed E-state index contributed by atoms with van der Waals surface area (Å²) < 4.78 is 25.4. The van der Waals surface area contributed by atoms with E-state index in [1.165, 1.54) is 7.05 Å². The molecule has 0 aromatic heterocycles. The van der Waals surface area contributed by atoms with Crippen LogP contribution in [0.3, 0.4) is 0 Å². The molecule has 0 bridgehead atoms. The van der Waals surface area contributed by atoms with E-state index in [1.54, 1.807) is 18.2 Å². The van der Waals surface area contributed by atoms with Crippen LogP contribution in [-0.4, -0.2) is 27.8 Å². The summed E-state index contributed by atoms with van der Waals surface area (Å²) in [6, 6.07) is 5.31. The highest BCUT2D eigenvalue weighted by atomic mass is 79.9. The summed E-state index contributed by atoms with van der Waals surface area (Å²) in [4.78, 5) is 0. The van der Waals surface area contributed by atoms with E-state index in [0.717, 1.165) is 10.2 Å². The maximum Gasteiger partial charge on any atom is 0.213 e. The van der Waals surface area contributed by atoms with Gasteiger partial charge in [-0.3, -0.25) is 0 Å². The Morgan fingerprint density at radius 2 is 2.12 bits per heavy atom. The van der Waals surface area contributed by atoms with Crippen LogP contribution >= 0.6 is 15.9 Å². The average Bonchev–Trinajstić information content (AvgIpc) is 2.21. The predicted octanol–water partition coefficient (Wildman–Crippen LogP) is 0.992. The third-order valence-corrected chi connectivity index (χ3v) is 4.01. The van der Waals surface area contributed by atoms with Crippen LogP contribution in [0.25, 0.3) is 0 Å². The van der Waals surface area contributed by atoms with Gasteiger partial charge in [0.15, 0.2) is 0 Å². The van der Waals surface area contributed by atoms with Crippen LogP contribution in [0, 0.1) is 0 Å². The average molecular weight is 308 g/mol. The molecule has 0 aliphatic rings. The number of rotatable bonds is 5. The highest BCUT2D eigenvalue weighted by molar-refractivity contribution is 9.10. The van der Waals surface area contributed by atoms with Crippen molar-refractivity contribution in [2.45, 2.75) is 0 Å². The number of halogens is 1. The minimum atomic E-state index is -3.16. The molecule has 0 unspecified atom stereocenters. The standard InChI is InChI=1S/C9H14BrN3O2S/c1-12-16(14,15)5-4-13-9-3-2-7(11)6-8(9)10/h2-3,6,12-13H,4-5,11H2,1H3. The van der Waals surface area contributed by atoms with Crippen molar-refractivity contribution in [3.8, 4) is 0 Å². The molecule has 0 heterocycles. The van der Waals surface area contributed by atoms with E-state index in [2.05, 4.69) is 26.0 Å². The van der Waals surface area contributed by atoms with Crippen molar-refractivity contribution in [3.63, 3.8) is 0 Å². The number of benzene rings is 1. The minimum Gasteiger partial charge on any atom is -0.399 e. The summed E-state index contributed by atoms with van der Waals surface area (Å²) in [5.74, 6) is 0.0281. The van der Waals surface area contributed by atoms with Crippen LogP contribution in [0.2, 0.25) is 0 Å². The molecule has 0 aliphatic carbocycles. The number of sulfonamides is 1. The molecule has 7 heteroatoms. The zero-order valence-corrected chi connectivity index (χ0v) is 11.2. The van der Waals surface area contributed by atoms with Crippen molar-refractivity contribution in [1.29, 1.82) is 0 Å². The number of hydrogen-bond donors (Lipinski definition) is 3. The first-order valence-electron chi connectivity index (χ1n) is 4.65. The van der Waals surface area contributed by atoms with Gasteiger partial charge in [-0.05, 0) is 41.2 Å². The normalized spacial score (nSPS) is 11.4. The van der Waals surface area contributed by atoms with Gasteiger partial charge in [0.05, 0.1) is 5.75 Å². The fraction of sp³-hybridized carbons (Fsp3) is 0.333. The molecule has 0 fully saturated rings. The zero-order valence-electron chi connectivity index (χ0n) is 8.83. The summed E-state index contributed by atoms with van der Waals surface area (Å²) in [7, 11) is -1.77. The Balaban J connectivity index is 2.56. The van der Waals surface area contributed by atoms with E-state index in [-0.39, 0.29) is 5.75 Å². The number of nitrogens with one attached hydrogen (secondary N) is 2. The topological polar surface area (TPSA) is 84.2 Å². The van der Waals surface area contributed by atoms with Crippen LogP contribution in [-0.2, 0) is 10.0 Å². The lowest BCUT2D eigenvalue weighted by molar-refractivity contribution is 0.588. The van der Waals surface area contributed by atoms with Gasteiger partial charge >= 0.3 is 0 Å². The molecular formula is C9H14BrN3O2S. The Labute approximate surface area is 104 Å². The van der Waals surface area contributed by atoms with E-state index in [0.29, 0.717) is 12.2 Å². The van der Waals surface area contributed by atoms with Gasteiger partial charge in [-0.25, -0.2) is 13.1 Å². The molecule has 0 saturated carbocycles. The number of nitrogen functional groups attached to an aromatic ring is 1. The molecule has 0 saturated heterocycles. The molecule has 0 atom stereocenters. The summed E-state index contributed by atoms with van der Waals surface area (Å²) in [6.45, 7) is 0.339. The van der Waals surface area contributed by atoms with Gasteiger partial charge in [0, 0.05) is 22.4 Å². The molecule has 0 amide bonds. The quantitative estimate of drug-likeness (QED) is 0.708. The van der Waals surface area contributed by atoms with Crippen LogP contribution < -0.4 is 15.8 Å². The lowest BCUT2D eigenvalue weighted by atomic mass is 10.3. The summed E-state index contributed by atoms with van der Waals surface area (Å²) in [5, 5.41) is 3.01. The summed E-state index contributed by atoms with van der Waals surface area (Å²) >= 11 is 3.34. The van der Waals surface area contributed by atoms with Crippen molar-refractivity contribution in [2.75, 3.05) is 30.4 Å².